The summed E-state index contributed by atoms with van der Waals surface area (Å²) in [6.07, 6.45) is 2.72. The molecule has 2 aromatic carbocycles. The molecule has 126 valence electrons. The predicted octanol–water partition coefficient (Wildman–Crippen LogP) is 3.64. The molecule has 5 nitrogen and oxygen atoms in total. The number of phenols is 1. The van der Waals surface area contributed by atoms with Gasteiger partial charge < -0.3 is 9.84 Å². The molecule has 0 bridgehead atoms. The quantitative estimate of drug-likeness (QED) is 0.559. The highest BCUT2D eigenvalue weighted by atomic mass is 79.9. The van der Waals surface area contributed by atoms with Crippen molar-refractivity contribution in [1.29, 1.82) is 0 Å². The molecule has 0 spiro atoms. The van der Waals surface area contributed by atoms with Crippen molar-refractivity contribution in [2.24, 2.45) is 5.10 Å². The molecule has 0 saturated carbocycles. The van der Waals surface area contributed by atoms with Crippen molar-refractivity contribution in [2.45, 2.75) is 19.8 Å². The van der Waals surface area contributed by atoms with Crippen LogP contribution in [-0.4, -0.2) is 23.8 Å². The molecule has 0 fully saturated rings. The number of carbonyl (C=O) groups is 1. The van der Waals surface area contributed by atoms with Crippen LogP contribution >= 0.6 is 15.9 Å². The maximum absolute atomic E-state index is 11.8. The Kier molecular flexibility index (Phi) is 6.81. The Balaban J connectivity index is 1.87. The van der Waals surface area contributed by atoms with Crippen LogP contribution < -0.4 is 10.2 Å². The van der Waals surface area contributed by atoms with Gasteiger partial charge in [-0.05, 0) is 63.8 Å². The van der Waals surface area contributed by atoms with E-state index in [9.17, 15) is 9.90 Å². The van der Waals surface area contributed by atoms with Gasteiger partial charge in [0.25, 0.3) is 0 Å². The summed E-state index contributed by atoms with van der Waals surface area (Å²) in [7, 11) is 0. The second-order valence-electron chi connectivity index (χ2n) is 5.17. The summed E-state index contributed by atoms with van der Waals surface area (Å²) in [4.78, 5) is 11.8. The fourth-order valence-electron chi connectivity index (χ4n) is 1.94. The smallest absolute Gasteiger partial charge is 0.244 e. The van der Waals surface area contributed by atoms with Crippen LogP contribution in [0.3, 0.4) is 0 Å². The zero-order valence-electron chi connectivity index (χ0n) is 13.3. The van der Waals surface area contributed by atoms with Gasteiger partial charge in [0.1, 0.15) is 11.5 Å². The first kappa shape index (κ1) is 18.0. The molecule has 0 unspecified atom stereocenters. The van der Waals surface area contributed by atoms with Gasteiger partial charge in [-0.2, -0.15) is 5.10 Å². The molecule has 6 heteroatoms. The Morgan fingerprint density at radius 2 is 2.04 bits per heavy atom. The average Bonchev–Trinajstić information content (AvgIpc) is 2.56. The molecule has 24 heavy (non-hydrogen) atoms. The zero-order chi connectivity index (χ0) is 17.4. The minimum Gasteiger partial charge on any atom is -0.508 e. The molecule has 2 rings (SSSR count). The Labute approximate surface area is 149 Å². The second-order valence-corrected chi connectivity index (χ2v) is 6.03. The molecular weight excluding hydrogens is 372 g/mol. The van der Waals surface area contributed by atoms with E-state index in [-0.39, 0.29) is 18.1 Å². The van der Waals surface area contributed by atoms with Crippen molar-refractivity contribution < 1.29 is 14.6 Å². The molecule has 0 atom stereocenters. The molecule has 0 aromatic heterocycles. The summed E-state index contributed by atoms with van der Waals surface area (Å²) < 4.78 is 6.42. The fraction of sp³-hybridized carbons (Fsp3) is 0.222. The third-order valence-corrected chi connectivity index (χ3v) is 3.74. The predicted molar refractivity (Wildman–Crippen MR) is 97.5 cm³/mol. The van der Waals surface area contributed by atoms with E-state index in [1.807, 2.05) is 18.2 Å². The standard InChI is InChI=1S/C18H19BrN2O3/c1-2-9-24-17-8-5-14(10-16(17)19)12-20-21-18(23)11-13-3-6-15(22)7-4-13/h3-8,10,12,22H,2,9,11H2,1H3,(H,21,23)/b20-12-. The Bertz CT molecular complexity index is 715. The van der Waals surface area contributed by atoms with Crippen molar-refractivity contribution in [3.63, 3.8) is 0 Å². The maximum atomic E-state index is 11.8. The summed E-state index contributed by atoms with van der Waals surface area (Å²) in [5.74, 6) is 0.735. The van der Waals surface area contributed by atoms with Crippen LogP contribution in [0.2, 0.25) is 0 Å². The number of amides is 1. The van der Waals surface area contributed by atoms with Gasteiger partial charge in [-0.25, -0.2) is 5.43 Å². The number of hydrogen-bond acceptors (Lipinski definition) is 4. The van der Waals surface area contributed by atoms with E-state index < -0.39 is 0 Å². The lowest BCUT2D eigenvalue weighted by atomic mass is 10.1. The van der Waals surface area contributed by atoms with E-state index in [2.05, 4.69) is 33.4 Å². The summed E-state index contributed by atoms with van der Waals surface area (Å²) in [6, 6.07) is 12.1. The first-order chi connectivity index (χ1) is 11.6. The lowest BCUT2D eigenvalue weighted by Gasteiger charge is -2.07. The van der Waals surface area contributed by atoms with E-state index in [4.69, 9.17) is 4.74 Å². The van der Waals surface area contributed by atoms with Gasteiger partial charge >= 0.3 is 0 Å². The normalized spacial score (nSPS) is 10.8. The van der Waals surface area contributed by atoms with Crippen LogP contribution in [0.4, 0.5) is 0 Å². The number of nitrogens with one attached hydrogen (secondary N) is 1. The van der Waals surface area contributed by atoms with Gasteiger partial charge in [-0.1, -0.05) is 19.1 Å². The van der Waals surface area contributed by atoms with Gasteiger partial charge in [0.2, 0.25) is 5.91 Å². The lowest BCUT2D eigenvalue weighted by molar-refractivity contribution is -0.120. The summed E-state index contributed by atoms with van der Waals surface area (Å²) >= 11 is 3.45. The number of rotatable bonds is 7. The van der Waals surface area contributed by atoms with Gasteiger partial charge in [-0.15, -0.1) is 0 Å². The van der Waals surface area contributed by atoms with Crippen LogP contribution in [-0.2, 0) is 11.2 Å². The van der Waals surface area contributed by atoms with Crippen molar-refractivity contribution >= 4 is 28.1 Å². The molecule has 0 heterocycles. The van der Waals surface area contributed by atoms with E-state index in [1.54, 1.807) is 30.5 Å². The van der Waals surface area contributed by atoms with E-state index in [0.29, 0.717) is 6.61 Å². The topological polar surface area (TPSA) is 70.9 Å². The maximum Gasteiger partial charge on any atom is 0.244 e. The second kappa shape index (κ2) is 9.08. The van der Waals surface area contributed by atoms with Crippen molar-refractivity contribution in [3.05, 3.63) is 58.1 Å². The molecule has 2 N–H and O–H groups in total. The van der Waals surface area contributed by atoms with Gasteiger partial charge in [0.15, 0.2) is 0 Å². The summed E-state index contributed by atoms with van der Waals surface area (Å²) in [5, 5.41) is 13.2. The first-order valence-corrected chi connectivity index (χ1v) is 8.40. The number of aromatic hydroxyl groups is 1. The largest absolute Gasteiger partial charge is 0.508 e. The Morgan fingerprint density at radius 3 is 2.71 bits per heavy atom. The molecule has 2 aromatic rings. The van der Waals surface area contributed by atoms with Crippen LogP contribution in [0.5, 0.6) is 11.5 Å². The highest BCUT2D eigenvalue weighted by molar-refractivity contribution is 9.10. The van der Waals surface area contributed by atoms with Crippen LogP contribution in [0.15, 0.2) is 52.0 Å². The number of phenolic OH excluding ortho intramolecular Hbond substituents is 1. The SMILES string of the molecule is CCCOc1ccc(/C=N\NC(=O)Cc2ccc(O)cc2)cc1Br. The molecule has 0 aliphatic carbocycles. The monoisotopic (exact) mass is 390 g/mol. The van der Waals surface area contributed by atoms with E-state index >= 15 is 0 Å². The number of carbonyl (C=O) groups excluding carboxylic acids is 1. The van der Waals surface area contributed by atoms with Crippen molar-refractivity contribution in [1.82, 2.24) is 5.43 Å². The molecule has 0 aliphatic heterocycles. The third-order valence-electron chi connectivity index (χ3n) is 3.12. The molecule has 1 amide bonds. The zero-order valence-corrected chi connectivity index (χ0v) is 14.9. The molecular formula is C18H19BrN2O3. The van der Waals surface area contributed by atoms with Gasteiger partial charge in [0, 0.05) is 0 Å². The minimum absolute atomic E-state index is 0.175. The summed E-state index contributed by atoms with van der Waals surface area (Å²) in [5.41, 5.74) is 4.13. The molecule has 0 saturated heterocycles. The lowest BCUT2D eigenvalue weighted by Crippen LogP contribution is -2.19. The molecule has 0 aliphatic rings. The van der Waals surface area contributed by atoms with E-state index in [0.717, 1.165) is 27.8 Å². The number of hydrogen-bond donors (Lipinski definition) is 2. The summed E-state index contributed by atoms with van der Waals surface area (Å²) in [6.45, 7) is 2.72. The van der Waals surface area contributed by atoms with Crippen LogP contribution in [0.1, 0.15) is 24.5 Å². The number of ether oxygens (including phenoxy) is 1. The third kappa shape index (κ3) is 5.70. The molecule has 0 radical (unpaired) electrons. The van der Waals surface area contributed by atoms with Crippen LogP contribution in [0.25, 0.3) is 0 Å². The number of nitrogens with zero attached hydrogens (tertiary/aromatic N) is 1. The van der Waals surface area contributed by atoms with Crippen molar-refractivity contribution in [3.8, 4) is 11.5 Å². The number of halogens is 1. The first-order valence-electron chi connectivity index (χ1n) is 7.60. The highest BCUT2D eigenvalue weighted by Crippen LogP contribution is 2.25. The number of benzene rings is 2. The average molecular weight is 391 g/mol. The van der Waals surface area contributed by atoms with E-state index in [1.165, 1.54) is 0 Å². The Morgan fingerprint density at radius 1 is 1.29 bits per heavy atom. The Hall–Kier alpha value is -2.34. The fourth-order valence-corrected chi connectivity index (χ4v) is 2.45. The van der Waals surface area contributed by atoms with Gasteiger partial charge in [0.05, 0.1) is 23.7 Å². The van der Waals surface area contributed by atoms with Crippen LogP contribution in [0, 0.1) is 0 Å². The minimum atomic E-state index is -0.223. The van der Waals surface area contributed by atoms with Gasteiger partial charge in [-0.3, -0.25) is 4.79 Å². The highest BCUT2D eigenvalue weighted by Gasteiger charge is 2.03. The number of hydrazone groups is 1. The van der Waals surface area contributed by atoms with Crippen molar-refractivity contribution in [2.75, 3.05) is 6.61 Å².